The molecule has 1 aromatic heterocycles. The van der Waals surface area contributed by atoms with E-state index >= 15 is 0 Å². The van der Waals surface area contributed by atoms with Gasteiger partial charge in [0.15, 0.2) is 0 Å². The molecule has 1 aliphatic rings. The summed E-state index contributed by atoms with van der Waals surface area (Å²) in [7, 11) is -4.73. The molecule has 1 heterocycles. The summed E-state index contributed by atoms with van der Waals surface area (Å²) in [6, 6.07) is 0.0653. The molecule has 1 saturated carbocycles. The van der Waals surface area contributed by atoms with Crippen LogP contribution in [0.1, 0.15) is 24.7 Å². The van der Waals surface area contributed by atoms with Gasteiger partial charge in [0.2, 0.25) is 0 Å². The number of nitrogens with zero attached hydrogens (tertiary/aromatic N) is 3. The van der Waals surface area contributed by atoms with Crippen LogP contribution in [0.4, 0.5) is 3.89 Å². The number of aryl methyl sites for hydroxylation is 1. The van der Waals surface area contributed by atoms with E-state index in [9.17, 15) is 12.3 Å². The Balaban J connectivity index is 2.58. The summed E-state index contributed by atoms with van der Waals surface area (Å²) in [5, 5.41) is 6.27. The molecule has 0 atom stereocenters. The Kier molecular flexibility index (Phi) is 1.66. The van der Waals surface area contributed by atoms with Crippen molar-refractivity contribution in [2.45, 2.75) is 31.0 Å². The molecule has 13 heavy (non-hydrogen) atoms. The van der Waals surface area contributed by atoms with Crippen molar-refractivity contribution in [1.82, 2.24) is 14.8 Å². The number of hydrogen-bond acceptors (Lipinski definition) is 4. The highest BCUT2D eigenvalue weighted by molar-refractivity contribution is 7.86. The third-order valence-electron chi connectivity index (χ3n) is 1.97. The smallest absolute Gasteiger partial charge is 0.297 e. The summed E-state index contributed by atoms with van der Waals surface area (Å²) in [6.45, 7) is 1.61. The molecule has 0 N–H and O–H groups in total. The third kappa shape index (κ3) is 1.43. The van der Waals surface area contributed by atoms with Crippen molar-refractivity contribution >= 4 is 10.2 Å². The van der Waals surface area contributed by atoms with Gasteiger partial charge < -0.3 is 0 Å². The first-order valence-corrected chi connectivity index (χ1v) is 5.24. The van der Waals surface area contributed by atoms with E-state index in [1.165, 1.54) is 4.57 Å². The van der Waals surface area contributed by atoms with Crippen molar-refractivity contribution < 1.29 is 12.3 Å². The zero-order valence-electron chi connectivity index (χ0n) is 6.94. The molecule has 2 rings (SSSR count). The van der Waals surface area contributed by atoms with Crippen molar-refractivity contribution in [2.75, 3.05) is 0 Å². The predicted molar refractivity (Wildman–Crippen MR) is 41.3 cm³/mol. The predicted octanol–water partition coefficient (Wildman–Crippen LogP) is 0.580. The summed E-state index contributed by atoms with van der Waals surface area (Å²) in [6.07, 6.45) is 1.72. The van der Waals surface area contributed by atoms with Gasteiger partial charge in [-0.1, -0.05) is 3.89 Å². The van der Waals surface area contributed by atoms with E-state index in [0.29, 0.717) is 5.82 Å². The largest absolute Gasteiger partial charge is 0.368 e. The SMILES string of the molecule is Cc1nnc(S(=O)(=O)F)n1C1CC1. The highest BCUT2D eigenvalue weighted by atomic mass is 32.3. The first kappa shape index (κ1) is 8.61. The van der Waals surface area contributed by atoms with E-state index in [-0.39, 0.29) is 6.04 Å². The van der Waals surface area contributed by atoms with Gasteiger partial charge in [-0.25, -0.2) is 0 Å². The molecule has 7 heteroatoms. The average molecular weight is 205 g/mol. The van der Waals surface area contributed by atoms with Crippen molar-refractivity contribution in [2.24, 2.45) is 0 Å². The number of rotatable bonds is 2. The first-order valence-electron chi connectivity index (χ1n) is 3.86. The van der Waals surface area contributed by atoms with E-state index in [1.807, 2.05) is 0 Å². The summed E-state index contributed by atoms with van der Waals surface area (Å²) in [5.74, 6) is 0.443. The minimum absolute atomic E-state index is 0.0653. The van der Waals surface area contributed by atoms with Crippen LogP contribution in [0.3, 0.4) is 0 Å². The summed E-state index contributed by atoms with van der Waals surface area (Å²) >= 11 is 0. The van der Waals surface area contributed by atoms with Crippen LogP contribution in [0.25, 0.3) is 0 Å². The summed E-state index contributed by atoms with van der Waals surface area (Å²) < 4.78 is 35.2. The van der Waals surface area contributed by atoms with E-state index in [1.54, 1.807) is 6.92 Å². The van der Waals surface area contributed by atoms with Crippen LogP contribution in [-0.2, 0) is 10.2 Å². The molecule has 1 fully saturated rings. The zero-order chi connectivity index (χ0) is 9.64. The maximum atomic E-state index is 12.6. The highest BCUT2D eigenvalue weighted by Crippen LogP contribution is 2.37. The molecule has 0 bridgehead atoms. The number of halogens is 1. The van der Waals surface area contributed by atoms with Gasteiger partial charge in [0.05, 0.1) is 0 Å². The average Bonchev–Trinajstić information content (AvgIpc) is 2.73. The topological polar surface area (TPSA) is 64.8 Å². The summed E-state index contributed by atoms with van der Waals surface area (Å²) in [5.41, 5.74) is 0. The molecule has 0 saturated heterocycles. The van der Waals surface area contributed by atoms with Gasteiger partial charge in [-0.3, -0.25) is 4.57 Å². The van der Waals surface area contributed by atoms with Gasteiger partial charge in [0.25, 0.3) is 5.16 Å². The Morgan fingerprint density at radius 1 is 1.46 bits per heavy atom. The lowest BCUT2D eigenvalue weighted by molar-refractivity contribution is 0.521. The van der Waals surface area contributed by atoms with E-state index in [2.05, 4.69) is 10.2 Å². The molecule has 72 valence electrons. The standard InChI is InChI=1S/C6H8FN3O2S/c1-4-8-9-6(13(7,11)12)10(4)5-2-3-5/h5H,2-3H2,1H3. The lowest BCUT2D eigenvalue weighted by Crippen LogP contribution is -2.06. The second-order valence-electron chi connectivity index (χ2n) is 3.07. The normalized spacial score (nSPS) is 17.7. The molecule has 1 aliphatic carbocycles. The molecule has 1 aromatic rings. The van der Waals surface area contributed by atoms with Crippen molar-refractivity contribution in [3.63, 3.8) is 0 Å². The van der Waals surface area contributed by atoms with Gasteiger partial charge >= 0.3 is 10.2 Å². The van der Waals surface area contributed by atoms with Crippen LogP contribution in [0.15, 0.2) is 5.16 Å². The van der Waals surface area contributed by atoms with Crippen LogP contribution in [0, 0.1) is 6.92 Å². The molecule has 5 nitrogen and oxygen atoms in total. The second kappa shape index (κ2) is 2.50. The van der Waals surface area contributed by atoms with Crippen molar-refractivity contribution in [3.8, 4) is 0 Å². The molecule has 0 radical (unpaired) electrons. The Morgan fingerprint density at radius 3 is 2.54 bits per heavy atom. The number of hydrogen-bond donors (Lipinski definition) is 0. The molecule has 0 unspecified atom stereocenters. The highest BCUT2D eigenvalue weighted by Gasteiger charge is 2.33. The third-order valence-corrected chi connectivity index (χ3v) is 2.68. The van der Waals surface area contributed by atoms with E-state index in [0.717, 1.165) is 12.8 Å². The van der Waals surface area contributed by atoms with E-state index < -0.39 is 15.4 Å². The second-order valence-corrected chi connectivity index (χ2v) is 4.31. The Bertz CT molecular complexity index is 435. The van der Waals surface area contributed by atoms with Gasteiger partial charge in [-0.05, 0) is 19.8 Å². The minimum atomic E-state index is -4.73. The maximum Gasteiger partial charge on any atom is 0.368 e. The summed E-state index contributed by atoms with van der Waals surface area (Å²) in [4.78, 5) is 0. The van der Waals surface area contributed by atoms with Crippen LogP contribution < -0.4 is 0 Å². The lowest BCUT2D eigenvalue weighted by Gasteiger charge is -2.01. The lowest BCUT2D eigenvalue weighted by atomic mass is 10.6. The monoisotopic (exact) mass is 205 g/mol. The van der Waals surface area contributed by atoms with Crippen LogP contribution in [0.5, 0.6) is 0 Å². The van der Waals surface area contributed by atoms with Gasteiger partial charge in [0, 0.05) is 6.04 Å². The van der Waals surface area contributed by atoms with E-state index in [4.69, 9.17) is 0 Å². The fourth-order valence-electron chi connectivity index (χ4n) is 1.27. The molecular formula is C6H8FN3O2S. The molecular weight excluding hydrogens is 197 g/mol. The van der Waals surface area contributed by atoms with Crippen molar-refractivity contribution in [1.29, 1.82) is 0 Å². The maximum absolute atomic E-state index is 12.6. The quantitative estimate of drug-likeness (QED) is 0.662. The Morgan fingerprint density at radius 2 is 2.08 bits per heavy atom. The molecule has 0 spiro atoms. The molecule has 0 aliphatic heterocycles. The fourth-order valence-corrected chi connectivity index (χ4v) is 1.92. The molecule has 0 aromatic carbocycles. The Labute approximate surface area is 74.8 Å². The van der Waals surface area contributed by atoms with Crippen LogP contribution in [0.2, 0.25) is 0 Å². The molecule has 0 amide bonds. The van der Waals surface area contributed by atoms with Gasteiger partial charge in [-0.2, -0.15) is 8.42 Å². The number of aromatic nitrogens is 3. The first-order chi connectivity index (χ1) is 6.00. The van der Waals surface area contributed by atoms with Gasteiger partial charge in [-0.15, -0.1) is 10.2 Å². The van der Waals surface area contributed by atoms with Gasteiger partial charge in [0.1, 0.15) is 5.82 Å². The van der Waals surface area contributed by atoms with Crippen LogP contribution >= 0.6 is 0 Å². The zero-order valence-corrected chi connectivity index (χ0v) is 7.75. The fraction of sp³-hybridized carbons (Fsp3) is 0.667. The van der Waals surface area contributed by atoms with Crippen LogP contribution in [-0.4, -0.2) is 23.2 Å². The van der Waals surface area contributed by atoms with Crippen molar-refractivity contribution in [3.05, 3.63) is 5.82 Å². The Hall–Kier alpha value is -0.980. The minimum Gasteiger partial charge on any atom is -0.297 e.